The van der Waals surface area contributed by atoms with Gasteiger partial charge in [0.15, 0.2) is 5.75 Å². The first-order valence-corrected chi connectivity index (χ1v) is 7.04. The van der Waals surface area contributed by atoms with Crippen molar-refractivity contribution < 1.29 is 4.74 Å². The molecular formula is C16H23N3O. The van der Waals surface area contributed by atoms with Gasteiger partial charge in [0.05, 0.1) is 5.69 Å². The number of nitrogens with zero attached hydrogens (tertiary/aromatic N) is 2. The molecule has 2 aromatic rings. The lowest BCUT2D eigenvalue weighted by molar-refractivity contribution is 0.471. The summed E-state index contributed by atoms with van der Waals surface area (Å²) in [5.41, 5.74) is 3.17. The zero-order valence-corrected chi connectivity index (χ0v) is 12.9. The molecular weight excluding hydrogens is 250 g/mol. The molecule has 1 heterocycles. The van der Waals surface area contributed by atoms with Crippen LogP contribution in [0, 0.1) is 13.8 Å². The van der Waals surface area contributed by atoms with Crippen molar-refractivity contribution in [1.82, 2.24) is 15.1 Å². The molecule has 0 amide bonds. The topological polar surface area (TPSA) is 39.1 Å². The fourth-order valence-electron chi connectivity index (χ4n) is 2.29. The van der Waals surface area contributed by atoms with E-state index in [2.05, 4.69) is 36.4 Å². The minimum absolute atomic E-state index is 0.319. The molecule has 1 atom stereocenters. The Morgan fingerprint density at radius 1 is 1.35 bits per heavy atom. The van der Waals surface area contributed by atoms with E-state index in [1.165, 1.54) is 5.56 Å². The molecule has 0 aliphatic rings. The van der Waals surface area contributed by atoms with Crippen molar-refractivity contribution in [3.8, 4) is 11.5 Å². The Morgan fingerprint density at radius 3 is 2.70 bits per heavy atom. The van der Waals surface area contributed by atoms with Crippen LogP contribution in [0.5, 0.6) is 11.5 Å². The van der Waals surface area contributed by atoms with E-state index in [1.54, 1.807) is 0 Å². The van der Waals surface area contributed by atoms with E-state index in [4.69, 9.17) is 4.74 Å². The third-order valence-corrected chi connectivity index (χ3v) is 3.53. The van der Waals surface area contributed by atoms with Crippen LogP contribution in [0.3, 0.4) is 0 Å². The smallest absolute Gasteiger partial charge is 0.171 e. The molecule has 0 saturated heterocycles. The molecule has 4 heteroatoms. The van der Waals surface area contributed by atoms with Crippen LogP contribution in [-0.2, 0) is 7.05 Å². The minimum atomic E-state index is 0.319. The van der Waals surface area contributed by atoms with Gasteiger partial charge in [-0.3, -0.25) is 4.68 Å². The van der Waals surface area contributed by atoms with Gasteiger partial charge >= 0.3 is 0 Å². The average molecular weight is 273 g/mol. The third-order valence-electron chi connectivity index (χ3n) is 3.53. The number of hydrogen-bond acceptors (Lipinski definition) is 3. The van der Waals surface area contributed by atoms with Gasteiger partial charge in [0.2, 0.25) is 0 Å². The SMILES string of the molecule is CCNC(C)c1cccc(Oc2c(C)nn(C)c2C)c1. The van der Waals surface area contributed by atoms with Crippen molar-refractivity contribution in [3.05, 3.63) is 41.2 Å². The molecule has 0 fully saturated rings. The lowest BCUT2D eigenvalue weighted by Crippen LogP contribution is -2.17. The van der Waals surface area contributed by atoms with Gasteiger partial charge in [0.1, 0.15) is 11.4 Å². The maximum absolute atomic E-state index is 6.02. The summed E-state index contributed by atoms with van der Waals surface area (Å²) in [6.07, 6.45) is 0. The summed E-state index contributed by atoms with van der Waals surface area (Å²) in [7, 11) is 1.93. The molecule has 0 spiro atoms. The molecule has 20 heavy (non-hydrogen) atoms. The molecule has 0 bridgehead atoms. The fraction of sp³-hybridized carbons (Fsp3) is 0.438. The van der Waals surface area contributed by atoms with Crippen molar-refractivity contribution in [3.63, 3.8) is 0 Å². The number of ether oxygens (including phenoxy) is 1. The van der Waals surface area contributed by atoms with Crippen molar-refractivity contribution in [1.29, 1.82) is 0 Å². The first-order chi connectivity index (χ1) is 9.52. The van der Waals surface area contributed by atoms with Crippen molar-refractivity contribution >= 4 is 0 Å². The first kappa shape index (κ1) is 14.6. The Morgan fingerprint density at radius 2 is 2.10 bits per heavy atom. The largest absolute Gasteiger partial charge is 0.453 e. The standard InChI is InChI=1S/C16H23N3O/c1-6-17-11(2)14-8-7-9-15(10-14)20-16-12(3)18-19(5)13(16)4/h7-11,17H,6H2,1-5H3. The van der Waals surface area contributed by atoms with Gasteiger partial charge in [0.25, 0.3) is 0 Å². The van der Waals surface area contributed by atoms with Gasteiger partial charge in [0, 0.05) is 13.1 Å². The van der Waals surface area contributed by atoms with Crippen molar-refractivity contribution in [2.75, 3.05) is 6.54 Å². The summed E-state index contributed by atoms with van der Waals surface area (Å²) in [6, 6.07) is 8.52. The van der Waals surface area contributed by atoms with Crippen LogP contribution in [-0.4, -0.2) is 16.3 Å². The number of aromatic nitrogens is 2. The lowest BCUT2D eigenvalue weighted by Gasteiger charge is -2.14. The number of hydrogen-bond donors (Lipinski definition) is 1. The van der Waals surface area contributed by atoms with Crippen LogP contribution >= 0.6 is 0 Å². The predicted octanol–water partition coefficient (Wildman–Crippen LogP) is 3.50. The molecule has 1 aromatic heterocycles. The highest BCUT2D eigenvalue weighted by Crippen LogP contribution is 2.29. The van der Waals surface area contributed by atoms with Crippen LogP contribution in [0.2, 0.25) is 0 Å². The Bertz CT molecular complexity index is 589. The second kappa shape index (κ2) is 6.09. The first-order valence-electron chi connectivity index (χ1n) is 7.04. The zero-order chi connectivity index (χ0) is 14.7. The van der Waals surface area contributed by atoms with Gasteiger partial charge in [-0.25, -0.2) is 0 Å². The summed E-state index contributed by atoms with van der Waals surface area (Å²) in [6.45, 7) is 9.20. The van der Waals surface area contributed by atoms with Crippen LogP contribution in [0.15, 0.2) is 24.3 Å². The molecule has 1 unspecified atom stereocenters. The Labute approximate surface area is 120 Å². The second-order valence-electron chi connectivity index (χ2n) is 5.08. The number of benzene rings is 1. The Balaban J connectivity index is 2.23. The molecule has 0 aliphatic carbocycles. The molecule has 4 nitrogen and oxygen atoms in total. The van der Waals surface area contributed by atoms with E-state index >= 15 is 0 Å². The van der Waals surface area contributed by atoms with Gasteiger partial charge < -0.3 is 10.1 Å². The minimum Gasteiger partial charge on any atom is -0.453 e. The van der Waals surface area contributed by atoms with Crippen LogP contribution < -0.4 is 10.1 Å². The van der Waals surface area contributed by atoms with Crippen LogP contribution in [0.25, 0.3) is 0 Å². The molecule has 0 radical (unpaired) electrons. The molecule has 108 valence electrons. The number of rotatable bonds is 5. The van der Waals surface area contributed by atoms with E-state index in [1.807, 2.05) is 37.7 Å². The Hall–Kier alpha value is -1.81. The maximum atomic E-state index is 6.02. The van der Waals surface area contributed by atoms with E-state index < -0.39 is 0 Å². The van der Waals surface area contributed by atoms with Crippen molar-refractivity contribution in [2.45, 2.75) is 33.7 Å². The van der Waals surface area contributed by atoms with Crippen LogP contribution in [0.4, 0.5) is 0 Å². The van der Waals surface area contributed by atoms with Crippen LogP contribution in [0.1, 0.15) is 36.8 Å². The summed E-state index contributed by atoms with van der Waals surface area (Å²) in [5, 5.41) is 7.78. The summed E-state index contributed by atoms with van der Waals surface area (Å²) in [4.78, 5) is 0. The number of aryl methyl sites for hydroxylation is 2. The predicted molar refractivity (Wildman–Crippen MR) is 81.3 cm³/mol. The molecule has 0 saturated carbocycles. The summed E-state index contributed by atoms with van der Waals surface area (Å²) < 4.78 is 7.86. The normalized spacial score (nSPS) is 12.4. The highest BCUT2D eigenvalue weighted by molar-refractivity contribution is 5.39. The number of nitrogens with one attached hydrogen (secondary N) is 1. The van der Waals surface area contributed by atoms with Gasteiger partial charge in [-0.15, -0.1) is 0 Å². The quantitative estimate of drug-likeness (QED) is 0.906. The Kier molecular flexibility index (Phi) is 4.45. The van der Waals surface area contributed by atoms with Gasteiger partial charge in [-0.05, 0) is 45.0 Å². The highest BCUT2D eigenvalue weighted by atomic mass is 16.5. The summed E-state index contributed by atoms with van der Waals surface area (Å²) in [5.74, 6) is 1.70. The average Bonchev–Trinajstić information content (AvgIpc) is 2.66. The van der Waals surface area contributed by atoms with Gasteiger partial charge in [-0.1, -0.05) is 19.1 Å². The molecule has 2 rings (SSSR count). The van der Waals surface area contributed by atoms with Crippen molar-refractivity contribution in [2.24, 2.45) is 7.05 Å². The van der Waals surface area contributed by atoms with E-state index in [0.717, 1.165) is 29.4 Å². The van der Waals surface area contributed by atoms with E-state index in [0.29, 0.717) is 6.04 Å². The third kappa shape index (κ3) is 3.02. The zero-order valence-electron chi connectivity index (χ0n) is 12.9. The molecule has 0 aliphatic heterocycles. The maximum Gasteiger partial charge on any atom is 0.171 e. The van der Waals surface area contributed by atoms with E-state index in [-0.39, 0.29) is 0 Å². The fourth-order valence-corrected chi connectivity index (χ4v) is 2.29. The van der Waals surface area contributed by atoms with Gasteiger partial charge in [-0.2, -0.15) is 5.10 Å². The highest BCUT2D eigenvalue weighted by Gasteiger charge is 2.12. The second-order valence-corrected chi connectivity index (χ2v) is 5.08. The molecule has 1 aromatic carbocycles. The molecule has 1 N–H and O–H groups in total. The summed E-state index contributed by atoms with van der Waals surface area (Å²) >= 11 is 0. The lowest BCUT2D eigenvalue weighted by atomic mass is 10.1. The monoisotopic (exact) mass is 273 g/mol. The van der Waals surface area contributed by atoms with E-state index in [9.17, 15) is 0 Å².